The summed E-state index contributed by atoms with van der Waals surface area (Å²) >= 11 is 0. The van der Waals surface area contributed by atoms with Crippen LogP contribution in [-0.2, 0) is 0 Å². The van der Waals surface area contributed by atoms with E-state index in [0.29, 0.717) is 13.2 Å². The number of nitrogens with one attached hydrogen (secondary N) is 1. The SMILES string of the molecule is Cc1ccc(C(C)Nc2ccc(OCC(O)CN(C)C)cc2)cc1. The van der Waals surface area contributed by atoms with E-state index in [9.17, 15) is 5.11 Å². The molecule has 0 saturated heterocycles. The molecule has 0 fully saturated rings. The van der Waals surface area contributed by atoms with E-state index in [-0.39, 0.29) is 6.04 Å². The molecule has 0 aromatic heterocycles. The van der Waals surface area contributed by atoms with Crippen LogP contribution in [0.2, 0.25) is 0 Å². The van der Waals surface area contributed by atoms with Crippen LogP contribution in [0, 0.1) is 6.92 Å². The summed E-state index contributed by atoms with van der Waals surface area (Å²) in [6.45, 7) is 5.13. The zero-order valence-corrected chi connectivity index (χ0v) is 15.0. The van der Waals surface area contributed by atoms with Crippen LogP contribution in [0.1, 0.15) is 24.1 Å². The van der Waals surface area contributed by atoms with Crippen LogP contribution >= 0.6 is 0 Å². The van der Waals surface area contributed by atoms with Crippen molar-refractivity contribution in [3.63, 3.8) is 0 Å². The average Bonchev–Trinajstić information content (AvgIpc) is 2.54. The van der Waals surface area contributed by atoms with Crippen molar-refractivity contribution in [1.82, 2.24) is 4.90 Å². The Balaban J connectivity index is 1.86. The number of nitrogens with zero attached hydrogens (tertiary/aromatic N) is 1. The van der Waals surface area contributed by atoms with E-state index in [2.05, 4.69) is 43.4 Å². The summed E-state index contributed by atoms with van der Waals surface area (Å²) in [5, 5.41) is 13.3. The van der Waals surface area contributed by atoms with Crippen molar-refractivity contribution in [3.8, 4) is 5.75 Å². The molecule has 0 amide bonds. The minimum atomic E-state index is -0.487. The minimum Gasteiger partial charge on any atom is -0.491 e. The molecule has 2 atom stereocenters. The number of aryl methyl sites for hydroxylation is 1. The average molecular weight is 328 g/mol. The highest BCUT2D eigenvalue weighted by molar-refractivity contribution is 5.48. The van der Waals surface area contributed by atoms with E-state index >= 15 is 0 Å². The van der Waals surface area contributed by atoms with Crippen LogP contribution in [0.4, 0.5) is 5.69 Å². The molecule has 4 heteroatoms. The maximum Gasteiger partial charge on any atom is 0.119 e. The van der Waals surface area contributed by atoms with Gasteiger partial charge in [0.15, 0.2) is 0 Å². The number of ether oxygens (including phenoxy) is 1. The van der Waals surface area contributed by atoms with Crippen molar-refractivity contribution in [3.05, 3.63) is 59.7 Å². The minimum absolute atomic E-state index is 0.235. The van der Waals surface area contributed by atoms with E-state index in [1.54, 1.807) is 0 Å². The van der Waals surface area contributed by atoms with Gasteiger partial charge in [-0.25, -0.2) is 0 Å². The molecule has 0 bridgehead atoms. The maximum atomic E-state index is 9.82. The lowest BCUT2D eigenvalue weighted by Crippen LogP contribution is -2.30. The van der Waals surface area contributed by atoms with Crippen molar-refractivity contribution in [1.29, 1.82) is 0 Å². The third-order valence-electron chi connectivity index (χ3n) is 3.83. The normalized spacial score (nSPS) is 13.6. The molecule has 2 rings (SSSR count). The van der Waals surface area contributed by atoms with Gasteiger partial charge in [-0.2, -0.15) is 0 Å². The largest absolute Gasteiger partial charge is 0.491 e. The Morgan fingerprint density at radius 2 is 1.67 bits per heavy atom. The summed E-state index contributed by atoms with van der Waals surface area (Å²) < 4.78 is 5.62. The number of rotatable bonds is 8. The highest BCUT2D eigenvalue weighted by Gasteiger charge is 2.07. The second kappa shape index (κ2) is 8.71. The fourth-order valence-electron chi connectivity index (χ4n) is 2.50. The summed E-state index contributed by atoms with van der Waals surface area (Å²) in [6.07, 6.45) is -0.487. The number of anilines is 1. The van der Waals surface area contributed by atoms with Gasteiger partial charge in [0.25, 0.3) is 0 Å². The predicted octanol–water partition coefficient (Wildman–Crippen LogP) is 3.47. The van der Waals surface area contributed by atoms with Gasteiger partial charge in [0, 0.05) is 18.3 Å². The lowest BCUT2D eigenvalue weighted by atomic mass is 10.1. The molecule has 0 heterocycles. The van der Waals surface area contributed by atoms with Crippen LogP contribution in [0.25, 0.3) is 0 Å². The quantitative estimate of drug-likeness (QED) is 0.779. The van der Waals surface area contributed by atoms with Crippen molar-refractivity contribution >= 4 is 5.69 Å². The zero-order valence-electron chi connectivity index (χ0n) is 15.0. The van der Waals surface area contributed by atoms with Gasteiger partial charge in [0.2, 0.25) is 0 Å². The number of hydrogen-bond donors (Lipinski definition) is 2. The molecule has 0 spiro atoms. The summed E-state index contributed by atoms with van der Waals surface area (Å²) in [7, 11) is 3.86. The Labute approximate surface area is 145 Å². The summed E-state index contributed by atoms with van der Waals surface area (Å²) in [6, 6.07) is 16.6. The molecule has 0 aliphatic carbocycles. The summed E-state index contributed by atoms with van der Waals surface area (Å²) in [5.74, 6) is 0.765. The lowest BCUT2D eigenvalue weighted by Gasteiger charge is -2.18. The van der Waals surface area contributed by atoms with Crippen LogP contribution < -0.4 is 10.1 Å². The predicted molar refractivity (Wildman–Crippen MR) is 99.7 cm³/mol. The number of benzene rings is 2. The molecule has 0 aliphatic heterocycles. The van der Waals surface area contributed by atoms with Gasteiger partial charge in [-0.05, 0) is 57.8 Å². The second-order valence-electron chi connectivity index (χ2n) is 6.53. The number of hydrogen-bond acceptors (Lipinski definition) is 4. The zero-order chi connectivity index (χ0) is 17.5. The van der Waals surface area contributed by atoms with Gasteiger partial charge < -0.3 is 20.1 Å². The number of aliphatic hydroxyl groups is 1. The summed E-state index contributed by atoms with van der Waals surface area (Å²) in [5.41, 5.74) is 3.57. The third-order valence-corrected chi connectivity index (χ3v) is 3.83. The van der Waals surface area contributed by atoms with Crippen LogP contribution in [0.15, 0.2) is 48.5 Å². The van der Waals surface area contributed by atoms with Gasteiger partial charge in [0.1, 0.15) is 18.5 Å². The molecule has 0 aliphatic rings. The van der Waals surface area contributed by atoms with Crippen LogP contribution in [0.5, 0.6) is 5.75 Å². The Kier molecular flexibility index (Phi) is 6.64. The molecule has 2 aromatic rings. The maximum absolute atomic E-state index is 9.82. The number of aliphatic hydroxyl groups excluding tert-OH is 1. The molecule has 2 aromatic carbocycles. The Morgan fingerprint density at radius 1 is 1.04 bits per heavy atom. The van der Waals surface area contributed by atoms with Crippen molar-refractivity contribution in [2.45, 2.75) is 26.0 Å². The molecule has 0 saturated carbocycles. The molecule has 0 radical (unpaired) electrons. The van der Waals surface area contributed by atoms with E-state index in [1.807, 2.05) is 43.3 Å². The third kappa shape index (κ3) is 5.87. The molecular formula is C20H28N2O2. The first kappa shape index (κ1) is 18.3. The first-order valence-electron chi connectivity index (χ1n) is 8.33. The molecule has 2 unspecified atom stereocenters. The Hall–Kier alpha value is -2.04. The Bertz CT molecular complexity index is 609. The Morgan fingerprint density at radius 3 is 2.25 bits per heavy atom. The van der Waals surface area contributed by atoms with E-state index in [4.69, 9.17) is 4.74 Å². The summed E-state index contributed by atoms with van der Waals surface area (Å²) in [4.78, 5) is 1.94. The monoisotopic (exact) mass is 328 g/mol. The second-order valence-corrected chi connectivity index (χ2v) is 6.53. The standard InChI is InChI=1S/C20H28N2O2/c1-15-5-7-17(8-6-15)16(2)21-18-9-11-20(12-10-18)24-14-19(23)13-22(3)4/h5-12,16,19,21,23H,13-14H2,1-4H3. The van der Waals surface area contributed by atoms with Crippen LogP contribution in [-0.4, -0.2) is 43.4 Å². The van der Waals surface area contributed by atoms with Crippen molar-refractivity contribution < 1.29 is 9.84 Å². The molecule has 2 N–H and O–H groups in total. The molecular weight excluding hydrogens is 300 g/mol. The number of likely N-dealkylation sites (N-methyl/N-ethyl adjacent to an activating group) is 1. The van der Waals surface area contributed by atoms with Gasteiger partial charge in [-0.15, -0.1) is 0 Å². The first-order chi connectivity index (χ1) is 11.4. The van der Waals surface area contributed by atoms with E-state index < -0.39 is 6.10 Å². The lowest BCUT2D eigenvalue weighted by molar-refractivity contribution is 0.0831. The molecule has 4 nitrogen and oxygen atoms in total. The van der Waals surface area contributed by atoms with Gasteiger partial charge in [-0.3, -0.25) is 0 Å². The van der Waals surface area contributed by atoms with Crippen LogP contribution in [0.3, 0.4) is 0 Å². The highest BCUT2D eigenvalue weighted by Crippen LogP contribution is 2.22. The molecule has 130 valence electrons. The topological polar surface area (TPSA) is 44.7 Å². The highest BCUT2D eigenvalue weighted by atomic mass is 16.5. The van der Waals surface area contributed by atoms with E-state index in [1.165, 1.54) is 11.1 Å². The first-order valence-corrected chi connectivity index (χ1v) is 8.33. The fourth-order valence-corrected chi connectivity index (χ4v) is 2.50. The van der Waals surface area contributed by atoms with Gasteiger partial charge in [-0.1, -0.05) is 29.8 Å². The smallest absolute Gasteiger partial charge is 0.119 e. The van der Waals surface area contributed by atoms with E-state index in [0.717, 1.165) is 11.4 Å². The van der Waals surface area contributed by atoms with Gasteiger partial charge >= 0.3 is 0 Å². The van der Waals surface area contributed by atoms with Crippen molar-refractivity contribution in [2.75, 3.05) is 32.6 Å². The fraction of sp³-hybridized carbons (Fsp3) is 0.400. The van der Waals surface area contributed by atoms with Crippen molar-refractivity contribution in [2.24, 2.45) is 0 Å². The molecule has 24 heavy (non-hydrogen) atoms. The van der Waals surface area contributed by atoms with Gasteiger partial charge in [0.05, 0.1) is 0 Å².